The maximum Gasteiger partial charge on any atom is 0.312 e. The van der Waals surface area contributed by atoms with Crippen LogP contribution in [-0.4, -0.2) is 17.0 Å². The van der Waals surface area contributed by atoms with Gasteiger partial charge in [-0.2, -0.15) is 0 Å². The van der Waals surface area contributed by atoms with Crippen molar-refractivity contribution < 1.29 is 19.4 Å². The summed E-state index contributed by atoms with van der Waals surface area (Å²) in [7, 11) is 0. The van der Waals surface area contributed by atoms with Crippen molar-refractivity contribution in [3.05, 3.63) is 54.1 Å². The van der Waals surface area contributed by atoms with Crippen molar-refractivity contribution in [2.45, 2.75) is 117 Å². The van der Waals surface area contributed by atoms with Gasteiger partial charge in [0.1, 0.15) is 5.75 Å². The summed E-state index contributed by atoms with van der Waals surface area (Å²) in [5.41, 5.74) is 1.13. The Balaban J connectivity index is 1.40. The number of fused-ring (bicyclic) bond motifs is 2. The predicted octanol–water partition coefficient (Wildman–Crippen LogP) is 10.2. The molecule has 0 spiro atoms. The van der Waals surface area contributed by atoms with E-state index in [-0.39, 0.29) is 6.42 Å². The first-order valence-electron chi connectivity index (χ1n) is 15.3. The van der Waals surface area contributed by atoms with Crippen molar-refractivity contribution in [2.75, 3.05) is 0 Å². The molecule has 0 amide bonds. The fourth-order valence-electron chi connectivity index (χ4n) is 5.52. The van der Waals surface area contributed by atoms with E-state index in [2.05, 4.69) is 19.1 Å². The topological polar surface area (TPSA) is 63.6 Å². The Morgan fingerprint density at radius 2 is 1.28 bits per heavy atom. The van der Waals surface area contributed by atoms with Crippen LogP contribution in [0.25, 0.3) is 21.5 Å². The van der Waals surface area contributed by atoms with Gasteiger partial charge in [0.2, 0.25) is 0 Å². The predicted molar refractivity (Wildman–Crippen MR) is 162 cm³/mol. The van der Waals surface area contributed by atoms with Crippen molar-refractivity contribution >= 4 is 33.5 Å². The van der Waals surface area contributed by atoms with Crippen LogP contribution in [0.1, 0.15) is 115 Å². The molecule has 212 valence electrons. The number of hydrogen-bond donors (Lipinski definition) is 1. The zero-order valence-electron chi connectivity index (χ0n) is 24.2. The van der Waals surface area contributed by atoms with Crippen LogP contribution in [0.2, 0.25) is 0 Å². The van der Waals surface area contributed by atoms with Crippen LogP contribution in [0.3, 0.4) is 0 Å². The summed E-state index contributed by atoms with van der Waals surface area (Å²) in [5.74, 6) is -1.59. The average molecular weight is 533 g/mol. The Bertz CT molecular complexity index is 1180. The van der Waals surface area contributed by atoms with Crippen LogP contribution in [0.4, 0.5) is 0 Å². The standard InChI is InChI=1S/C35H48O4/c1-3-4-5-6-7-8-9-10-11-12-13-14-15-16-20-29(35(37)38)26-33(36)39-34-31-21-18-17-19-28(31)25-30-24-27(2)22-23-32(30)34/h17-19,21-25,29H,3-16,20,26H2,1-2H3,(H,37,38). The summed E-state index contributed by atoms with van der Waals surface area (Å²) in [6, 6.07) is 16.0. The van der Waals surface area contributed by atoms with Crippen LogP contribution in [0.5, 0.6) is 5.75 Å². The molecular formula is C35H48O4. The molecule has 1 unspecified atom stereocenters. The van der Waals surface area contributed by atoms with Gasteiger partial charge >= 0.3 is 11.9 Å². The Morgan fingerprint density at radius 1 is 0.718 bits per heavy atom. The van der Waals surface area contributed by atoms with E-state index in [1.165, 1.54) is 70.6 Å². The van der Waals surface area contributed by atoms with Crippen molar-refractivity contribution in [3.63, 3.8) is 0 Å². The van der Waals surface area contributed by atoms with Gasteiger partial charge in [0.25, 0.3) is 0 Å². The number of carbonyl (C=O) groups excluding carboxylic acids is 1. The molecule has 4 nitrogen and oxygen atoms in total. The van der Waals surface area contributed by atoms with Gasteiger partial charge < -0.3 is 9.84 Å². The molecule has 3 rings (SSSR count). The molecule has 0 aliphatic rings. The highest BCUT2D eigenvalue weighted by molar-refractivity contribution is 6.06. The van der Waals surface area contributed by atoms with Crippen LogP contribution in [0.15, 0.2) is 48.5 Å². The van der Waals surface area contributed by atoms with E-state index in [1.807, 2.05) is 43.3 Å². The summed E-state index contributed by atoms with van der Waals surface area (Å²) in [6.07, 6.45) is 18.1. The summed E-state index contributed by atoms with van der Waals surface area (Å²) in [6.45, 7) is 4.30. The Morgan fingerprint density at radius 3 is 1.90 bits per heavy atom. The van der Waals surface area contributed by atoms with Gasteiger partial charge in [0, 0.05) is 10.8 Å². The van der Waals surface area contributed by atoms with E-state index in [0.717, 1.165) is 46.4 Å². The molecule has 0 fully saturated rings. The Kier molecular flexibility index (Phi) is 13.3. The number of carboxylic acids is 1. The third-order valence-electron chi connectivity index (χ3n) is 7.85. The van der Waals surface area contributed by atoms with Crippen molar-refractivity contribution in [2.24, 2.45) is 5.92 Å². The molecule has 1 N–H and O–H groups in total. The van der Waals surface area contributed by atoms with E-state index >= 15 is 0 Å². The molecule has 0 aliphatic heterocycles. The van der Waals surface area contributed by atoms with E-state index in [1.54, 1.807) is 0 Å². The third kappa shape index (κ3) is 10.3. The van der Waals surface area contributed by atoms with Gasteiger partial charge in [0.15, 0.2) is 0 Å². The second-order valence-electron chi connectivity index (χ2n) is 11.2. The monoisotopic (exact) mass is 532 g/mol. The molecule has 3 aromatic rings. The molecule has 3 aromatic carbocycles. The highest BCUT2D eigenvalue weighted by Gasteiger charge is 2.23. The van der Waals surface area contributed by atoms with E-state index in [9.17, 15) is 14.7 Å². The SMILES string of the molecule is CCCCCCCCCCCCCCCCC(CC(=O)Oc1c2ccccc2cc2cc(C)ccc12)C(=O)O. The summed E-state index contributed by atoms with van der Waals surface area (Å²) in [5, 5.41) is 13.5. The summed E-state index contributed by atoms with van der Waals surface area (Å²) in [4.78, 5) is 24.9. The Hall–Kier alpha value is -2.88. The number of rotatable bonds is 19. The first-order chi connectivity index (χ1) is 19.0. The van der Waals surface area contributed by atoms with Crippen LogP contribution in [-0.2, 0) is 9.59 Å². The molecule has 0 heterocycles. The van der Waals surface area contributed by atoms with Crippen molar-refractivity contribution in [1.29, 1.82) is 0 Å². The minimum atomic E-state index is -0.917. The van der Waals surface area contributed by atoms with E-state index in [4.69, 9.17) is 4.74 Å². The van der Waals surface area contributed by atoms with Crippen molar-refractivity contribution in [3.8, 4) is 5.75 Å². The molecule has 0 radical (unpaired) electrons. The van der Waals surface area contributed by atoms with Crippen LogP contribution >= 0.6 is 0 Å². The summed E-state index contributed by atoms with van der Waals surface area (Å²) < 4.78 is 5.88. The lowest BCUT2D eigenvalue weighted by atomic mass is 9.97. The molecular weight excluding hydrogens is 484 g/mol. The van der Waals surface area contributed by atoms with E-state index < -0.39 is 17.9 Å². The van der Waals surface area contributed by atoms with E-state index in [0.29, 0.717) is 12.2 Å². The smallest absolute Gasteiger partial charge is 0.312 e. The van der Waals surface area contributed by atoms with Crippen LogP contribution < -0.4 is 4.74 Å². The minimum absolute atomic E-state index is 0.107. The maximum absolute atomic E-state index is 12.9. The highest BCUT2D eigenvalue weighted by atomic mass is 16.5. The zero-order valence-corrected chi connectivity index (χ0v) is 24.2. The quantitative estimate of drug-likeness (QED) is 0.0722. The van der Waals surface area contributed by atoms with Gasteiger partial charge in [-0.1, -0.05) is 145 Å². The number of esters is 1. The van der Waals surface area contributed by atoms with Gasteiger partial charge in [-0.05, 0) is 30.2 Å². The fourth-order valence-corrected chi connectivity index (χ4v) is 5.52. The second-order valence-corrected chi connectivity index (χ2v) is 11.2. The minimum Gasteiger partial charge on any atom is -0.481 e. The largest absolute Gasteiger partial charge is 0.481 e. The summed E-state index contributed by atoms with van der Waals surface area (Å²) >= 11 is 0. The number of unbranched alkanes of at least 4 members (excludes halogenated alkanes) is 13. The molecule has 4 heteroatoms. The van der Waals surface area contributed by atoms with Gasteiger partial charge in [-0.25, -0.2) is 0 Å². The lowest BCUT2D eigenvalue weighted by Gasteiger charge is -2.15. The lowest BCUT2D eigenvalue weighted by Crippen LogP contribution is -2.21. The maximum atomic E-state index is 12.9. The number of benzene rings is 3. The normalized spacial score (nSPS) is 12.2. The average Bonchev–Trinajstić information content (AvgIpc) is 2.92. The molecule has 0 aliphatic carbocycles. The number of carboxylic acid groups (broad SMARTS) is 1. The van der Waals surface area contributed by atoms with Gasteiger partial charge in [-0.3, -0.25) is 9.59 Å². The molecule has 0 saturated carbocycles. The van der Waals surface area contributed by atoms with Crippen molar-refractivity contribution in [1.82, 2.24) is 0 Å². The number of hydrogen-bond acceptors (Lipinski definition) is 3. The number of aryl methyl sites for hydroxylation is 1. The number of aliphatic carboxylic acids is 1. The molecule has 1 atom stereocenters. The zero-order chi connectivity index (χ0) is 27.9. The third-order valence-corrected chi connectivity index (χ3v) is 7.85. The molecule has 39 heavy (non-hydrogen) atoms. The molecule has 0 bridgehead atoms. The van der Waals surface area contributed by atoms with Gasteiger partial charge in [0.05, 0.1) is 12.3 Å². The lowest BCUT2D eigenvalue weighted by molar-refractivity contribution is -0.147. The van der Waals surface area contributed by atoms with Gasteiger partial charge in [-0.15, -0.1) is 0 Å². The second kappa shape index (κ2) is 16.9. The molecule has 0 saturated heterocycles. The molecule has 0 aromatic heterocycles. The first kappa shape index (κ1) is 30.7. The van der Waals surface area contributed by atoms with Crippen LogP contribution in [0, 0.1) is 12.8 Å². The number of carbonyl (C=O) groups is 2. The first-order valence-corrected chi connectivity index (χ1v) is 15.3. The fraction of sp³-hybridized carbons (Fsp3) is 0.543. The highest BCUT2D eigenvalue weighted by Crippen LogP contribution is 2.36. The Labute approximate surface area is 235 Å². The number of ether oxygens (including phenoxy) is 1.